The Morgan fingerprint density at radius 3 is 2.47 bits per heavy atom. The van der Waals surface area contributed by atoms with Gasteiger partial charge in [0.15, 0.2) is 6.61 Å². The third kappa shape index (κ3) is 4.61. The highest BCUT2D eigenvalue weighted by Gasteiger charge is 2.26. The Hall–Kier alpha value is -1.46. The zero-order valence-electron chi connectivity index (χ0n) is 10.5. The Bertz CT molecular complexity index is 504. The summed E-state index contributed by atoms with van der Waals surface area (Å²) in [4.78, 5) is 22.6. The molecule has 0 atom stereocenters. The van der Waals surface area contributed by atoms with Crippen molar-refractivity contribution in [1.82, 2.24) is 5.32 Å². The zero-order chi connectivity index (χ0) is 14.6. The van der Waals surface area contributed by atoms with Crippen LogP contribution in [0.15, 0.2) is 18.2 Å². The second-order valence-electron chi connectivity index (χ2n) is 4.40. The third-order valence-corrected chi connectivity index (χ3v) is 3.07. The normalized spacial score (nSPS) is 10.9. The second kappa shape index (κ2) is 6.12. The molecule has 0 unspecified atom stereocenters. The first-order valence-electron chi connectivity index (χ1n) is 5.41. The van der Waals surface area contributed by atoms with Crippen molar-refractivity contribution in [2.75, 3.05) is 6.61 Å². The summed E-state index contributed by atoms with van der Waals surface area (Å²) in [5.74, 6) is -0.688. The number of nitrogens with two attached hydrogens (primary N) is 1. The number of rotatable bonds is 5. The molecule has 5 nitrogen and oxygen atoms in total. The lowest BCUT2D eigenvalue weighted by Gasteiger charge is -2.22. The predicted octanol–water partition coefficient (Wildman–Crippen LogP) is 1.75. The average Bonchev–Trinajstić information content (AvgIpc) is 2.30. The van der Waals surface area contributed by atoms with Crippen LogP contribution in [0.4, 0.5) is 0 Å². The molecule has 7 heteroatoms. The van der Waals surface area contributed by atoms with E-state index >= 15 is 0 Å². The van der Waals surface area contributed by atoms with E-state index in [-0.39, 0.29) is 6.61 Å². The maximum atomic E-state index is 11.6. The van der Waals surface area contributed by atoms with Gasteiger partial charge in [-0.05, 0) is 26.0 Å². The molecule has 0 radical (unpaired) electrons. The third-order valence-electron chi connectivity index (χ3n) is 2.33. The molecule has 1 rings (SSSR count). The molecule has 0 saturated heterocycles. The molecule has 0 saturated carbocycles. The summed E-state index contributed by atoms with van der Waals surface area (Å²) in [6, 6.07) is 4.64. The van der Waals surface area contributed by atoms with Gasteiger partial charge in [-0.15, -0.1) is 0 Å². The molecule has 0 spiro atoms. The summed E-state index contributed by atoms with van der Waals surface area (Å²) in [5.41, 5.74) is 4.01. The lowest BCUT2D eigenvalue weighted by molar-refractivity contribution is -0.131. The molecule has 2 amide bonds. The molecule has 3 N–H and O–H groups in total. The fourth-order valence-corrected chi connectivity index (χ4v) is 1.45. The summed E-state index contributed by atoms with van der Waals surface area (Å²) in [6.07, 6.45) is 0. The van der Waals surface area contributed by atoms with E-state index in [2.05, 4.69) is 5.32 Å². The molecular weight excluding hydrogens is 291 g/mol. The van der Waals surface area contributed by atoms with Gasteiger partial charge in [-0.3, -0.25) is 9.59 Å². The summed E-state index contributed by atoms with van der Waals surface area (Å²) in [7, 11) is 0. The van der Waals surface area contributed by atoms with Crippen molar-refractivity contribution in [3.05, 3.63) is 28.2 Å². The first-order chi connectivity index (χ1) is 8.72. The number of hydrogen-bond donors (Lipinski definition) is 2. The Labute approximate surface area is 121 Å². The first-order valence-corrected chi connectivity index (χ1v) is 6.17. The highest BCUT2D eigenvalue weighted by atomic mass is 35.5. The van der Waals surface area contributed by atoms with Crippen LogP contribution in [0.2, 0.25) is 10.0 Å². The molecule has 19 heavy (non-hydrogen) atoms. The summed E-state index contributed by atoms with van der Waals surface area (Å²) < 4.78 is 5.22. The number of amides is 2. The van der Waals surface area contributed by atoms with Crippen molar-refractivity contribution in [2.45, 2.75) is 19.4 Å². The van der Waals surface area contributed by atoms with Gasteiger partial charge in [-0.1, -0.05) is 23.2 Å². The van der Waals surface area contributed by atoms with E-state index in [0.29, 0.717) is 15.8 Å². The average molecular weight is 305 g/mol. The van der Waals surface area contributed by atoms with E-state index in [1.54, 1.807) is 12.1 Å². The number of primary amides is 1. The van der Waals surface area contributed by atoms with Crippen LogP contribution in [0.25, 0.3) is 0 Å². The van der Waals surface area contributed by atoms with Gasteiger partial charge in [-0.2, -0.15) is 0 Å². The number of carbonyl (C=O) groups excluding carboxylic acids is 2. The van der Waals surface area contributed by atoms with Crippen LogP contribution in [-0.2, 0) is 9.59 Å². The Kier molecular flexibility index (Phi) is 5.03. The fourth-order valence-electron chi connectivity index (χ4n) is 1.16. The van der Waals surface area contributed by atoms with Gasteiger partial charge in [0.05, 0.1) is 10.0 Å². The molecule has 104 valence electrons. The van der Waals surface area contributed by atoms with Crippen molar-refractivity contribution in [1.29, 1.82) is 0 Å². The summed E-state index contributed by atoms with van der Waals surface area (Å²) >= 11 is 11.6. The van der Waals surface area contributed by atoms with E-state index in [4.69, 9.17) is 33.7 Å². The van der Waals surface area contributed by atoms with Gasteiger partial charge >= 0.3 is 0 Å². The second-order valence-corrected chi connectivity index (χ2v) is 5.22. The monoisotopic (exact) mass is 304 g/mol. The van der Waals surface area contributed by atoms with Crippen molar-refractivity contribution in [3.63, 3.8) is 0 Å². The minimum atomic E-state index is -1.13. The Morgan fingerprint density at radius 1 is 1.32 bits per heavy atom. The Balaban J connectivity index is 2.55. The SMILES string of the molecule is CC(C)(NC(=O)COc1ccc(Cl)c(Cl)c1)C(N)=O. The molecule has 1 aromatic rings. The highest BCUT2D eigenvalue weighted by molar-refractivity contribution is 6.42. The van der Waals surface area contributed by atoms with E-state index in [1.165, 1.54) is 19.9 Å². The smallest absolute Gasteiger partial charge is 0.258 e. The predicted molar refractivity (Wildman–Crippen MR) is 73.4 cm³/mol. The minimum Gasteiger partial charge on any atom is -0.484 e. The molecular formula is C12H14Cl2N2O3. The Morgan fingerprint density at radius 2 is 1.95 bits per heavy atom. The first kappa shape index (κ1) is 15.6. The molecule has 0 aliphatic rings. The van der Waals surface area contributed by atoms with Gasteiger partial charge in [0, 0.05) is 6.07 Å². The van der Waals surface area contributed by atoms with Crippen molar-refractivity contribution in [3.8, 4) is 5.75 Å². The van der Waals surface area contributed by atoms with Crippen LogP contribution in [0.5, 0.6) is 5.75 Å². The summed E-state index contributed by atoms with van der Waals surface area (Å²) in [6.45, 7) is 2.76. The van der Waals surface area contributed by atoms with E-state index in [1.807, 2.05) is 0 Å². The number of ether oxygens (including phenoxy) is 1. The van der Waals surface area contributed by atoms with Gasteiger partial charge in [-0.25, -0.2) is 0 Å². The highest BCUT2D eigenvalue weighted by Crippen LogP contribution is 2.26. The van der Waals surface area contributed by atoms with Crippen molar-refractivity contribution in [2.24, 2.45) is 5.73 Å². The van der Waals surface area contributed by atoms with Gasteiger partial charge in [0.25, 0.3) is 5.91 Å². The van der Waals surface area contributed by atoms with Crippen LogP contribution >= 0.6 is 23.2 Å². The standard InChI is InChI=1S/C12H14Cl2N2O3/c1-12(2,11(15)18)16-10(17)6-19-7-3-4-8(13)9(14)5-7/h3-5H,6H2,1-2H3,(H2,15,18)(H,16,17). The maximum Gasteiger partial charge on any atom is 0.258 e. The van der Waals surface area contributed by atoms with E-state index in [0.717, 1.165) is 0 Å². The number of hydrogen-bond acceptors (Lipinski definition) is 3. The van der Waals surface area contributed by atoms with Gasteiger partial charge in [0.1, 0.15) is 11.3 Å². The number of halogens is 2. The van der Waals surface area contributed by atoms with Gasteiger partial charge < -0.3 is 15.8 Å². The topological polar surface area (TPSA) is 81.4 Å². The van der Waals surface area contributed by atoms with Crippen LogP contribution < -0.4 is 15.8 Å². The molecule has 0 aromatic heterocycles. The van der Waals surface area contributed by atoms with Crippen LogP contribution in [0, 0.1) is 0 Å². The molecule has 0 heterocycles. The number of nitrogens with one attached hydrogen (secondary N) is 1. The molecule has 0 aliphatic carbocycles. The number of benzene rings is 1. The van der Waals surface area contributed by atoms with Crippen molar-refractivity contribution < 1.29 is 14.3 Å². The summed E-state index contributed by atoms with van der Waals surface area (Å²) in [5, 5.41) is 3.18. The lowest BCUT2D eigenvalue weighted by Crippen LogP contribution is -2.54. The van der Waals surface area contributed by atoms with Crippen LogP contribution in [0.3, 0.4) is 0 Å². The van der Waals surface area contributed by atoms with Gasteiger partial charge in [0.2, 0.25) is 5.91 Å². The molecule has 0 aliphatic heterocycles. The zero-order valence-corrected chi connectivity index (χ0v) is 12.0. The number of carbonyl (C=O) groups is 2. The quantitative estimate of drug-likeness (QED) is 0.869. The van der Waals surface area contributed by atoms with Crippen molar-refractivity contribution >= 4 is 35.0 Å². The molecule has 0 bridgehead atoms. The van der Waals surface area contributed by atoms with E-state index in [9.17, 15) is 9.59 Å². The molecule has 0 fully saturated rings. The minimum absolute atomic E-state index is 0.255. The van der Waals surface area contributed by atoms with E-state index < -0.39 is 17.4 Å². The maximum absolute atomic E-state index is 11.6. The largest absolute Gasteiger partial charge is 0.484 e. The fraction of sp³-hybridized carbons (Fsp3) is 0.333. The van der Waals surface area contributed by atoms with Crippen LogP contribution in [-0.4, -0.2) is 24.0 Å². The molecule has 1 aromatic carbocycles. The lowest BCUT2D eigenvalue weighted by atomic mass is 10.1. The van der Waals surface area contributed by atoms with Crippen LogP contribution in [0.1, 0.15) is 13.8 Å².